The third-order valence-electron chi connectivity index (χ3n) is 6.14. The van der Waals surface area contributed by atoms with Crippen LogP contribution in [0.3, 0.4) is 0 Å². The summed E-state index contributed by atoms with van der Waals surface area (Å²) in [6, 6.07) is 20.0. The third-order valence-corrected chi connectivity index (χ3v) is 7.65. The fourth-order valence-corrected chi connectivity index (χ4v) is 5.22. The molecular weight excluding hydrogens is 530 g/mol. The molecule has 9 nitrogen and oxygen atoms in total. The van der Waals surface area contributed by atoms with Crippen LogP contribution >= 0.6 is 11.6 Å². The van der Waals surface area contributed by atoms with Crippen molar-refractivity contribution in [3.63, 3.8) is 0 Å². The van der Waals surface area contributed by atoms with E-state index < -0.39 is 28.5 Å². The van der Waals surface area contributed by atoms with Gasteiger partial charge in [0.25, 0.3) is 0 Å². The monoisotopic (exact) mass is 557 g/mol. The first kappa shape index (κ1) is 27.3. The van der Waals surface area contributed by atoms with Crippen LogP contribution in [0.2, 0.25) is 5.02 Å². The van der Waals surface area contributed by atoms with Crippen LogP contribution in [0.5, 0.6) is 11.5 Å². The number of hydrogen-bond acceptors (Lipinski definition) is 6. The highest BCUT2D eigenvalue weighted by atomic mass is 35.5. The molecular formula is C27H28ClN3O6S. The number of benzene rings is 3. The Morgan fingerprint density at radius 2 is 1.68 bits per heavy atom. The van der Waals surface area contributed by atoms with Crippen molar-refractivity contribution in [2.45, 2.75) is 19.0 Å². The van der Waals surface area contributed by atoms with Crippen LogP contribution in [0.4, 0.5) is 5.69 Å². The summed E-state index contributed by atoms with van der Waals surface area (Å²) in [7, 11) is -2.40. The van der Waals surface area contributed by atoms with E-state index in [9.17, 15) is 18.0 Å². The van der Waals surface area contributed by atoms with Gasteiger partial charge in [-0.2, -0.15) is 0 Å². The summed E-state index contributed by atoms with van der Waals surface area (Å²) in [6.07, 6.45) is 1.24. The topological polar surface area (TPSA) is 105 Å². The summed E-state index contributed by atoms with van der Waals surface area (Å²) in [6.45, 7) is -0.511. The molecule has 11 heteroatoms. The summed E-state index contributed by atoms with van der Waals surface area (Å²) in [4.78, 5) is 28.4. The van der Waals surface area contributed by atoms with Gasteiger partial charge in [0, 0.05) is 31.1 Å². The molecule has 1 aliphatic rings. The number of amides is 2. The van der Waals surface area contributed by atoms with Crippen molar-refractivity contribution >= 4 is 39.1 Å². The van der Waals surface area contributed by atoms with E-state index in [1.807, 2.05) is 30.3 Å². The summed E-state index contributed by atoms with van der Waals surface area (Å²) in [5.41, 5.74) is 1.70. The Bertz CT molecular complexity index is 1420. The first-order valence-electron chi connectivity index (χ1n) is 11.8. The van der Waals surface area contributed by atoms with Gasteiger partial charge in [-0.1, -0.05) is 60.1 Å². The van der Waals surface area contributed by atoms with Crippen LogP contribution in [0.15, 0.2) is 72.8 Å². The number of carbonyl (C=O) groups is 2. The predicted molar refractivity (Wildman–Crippen MR) is 145 cm³/mol. The molecule has 0 saturated carbocycles. The molecule has 38 heavy (non-hydrogen) atoms. The first-order chi connectivity index (χ1) is 18.2. The van der Waals surface area contributed by atoms with Crippen LogP contribution in [-0.4, -0.2) is 57.8 Å². The molecule has 0 spiro atoms. The Morgan fingerprint density at radius 3 is 2.37 bits per heavy atom. The normalized spacial score (nSPS) is 13.0. The van der Waals surface area contributed by atoms with E-state index in [0.717, 1.165) is 16.1 Å². The predicted octanol–water partition coefficient (Wildman–Crippen LogP) is 3.22. The zero-order chi connectivity index (χ0) is 27.3. The summed E-state index contributed by atoms with van der Waals surface area (Å²) in [5.74, 6) is -0.0963. The second kappa shape index (κ2) is 11.7. The Kier molecular flexibility index (Phi) is 8.43. The second-order valence-corrected chi connectivity index (χ2v) is 11.1. The van der Waals surface area contributed by atoms with Crippen LogP contribution in [0.25, 0.3) is 0 Å². The van der Waals surface area contributed by atoms with E-state index in [0.29, 0.717) is 22.1 Å². The number of hydrogen-bond donors (Lipinski definition) is 1. The molecule has 1 N–H and O–H groups in total. The Labute approximate surface area is 227 Å². The van der Waals surface area contributed by atoms with Crippen molar-refractivity contribution in [2.24, 2.45) is 0 Å². The molecule has 0 radical (unpaired) electrons. The highest BCUT2D eigenvalue weighted by Gasteiger charge is 2.33. The first-order valence-corrected chi connectivity index (χ1v) is 14.1. The molecule has 0 aliphatic carbocycles. The number of anilines is 1. The van der Waals surface area contributed by atoms with Crippen molar-refractivity contribution in [1.29, 1.82) is 0 Å². The lowest BCUT2D eigenvalue weighted by molar-refractivity contribution is -0.139. The maximum absolute atomic E-state index is 13.9. The number of nitrogens with one attached hydrogen (secondary N) is 1. The molecule has 0 bridgehead atoms. The van der Waals surface area contributed by atoms with E-state index in [-0.39, 0.29) is 31.4 Å². The SMILES string of the molecule is CNC(=O)[C@@H](Cc1ccccc1)N(Cc1ccccc1Cl)C(=O)CN(c1ccc2c(c1)OCO2)S(C)(=O)=O. The van der Waals surface area contributed by atoms with Crippen LogP contribution < -0.4 is 19.1 Å². The molecule has 3 aromatic rings. The van der Waals surface area contributed by atoms with Gasteiger partial charge in [0.15, 0.2) is 11.5 Å². The number of halogens is 1. The highest BCUT2D eigenvalue weighted by molar-refractivity contribution is 7.92. The quantitative estimate of drug-likeness (QED) is 0.410. The molecule has 3 aromatic carbocycles. The number of carbonyl (C=O) groups excluding carboxylic acids is 2. The van der Waals surface area contributed by atoms with Gasteiger partial charge >= 0.3 is 0 Å². The third kappa shape index (κ3) is 6.38. The fourth-order valence-electron chi connectivity index (χ4n) is 4.18. The molecule has 200 valence electrons. The van der Waals surface area contributed by atoms with Gasteiger partial charge in [0.2, 0.25) is 28.6 Å². The minimum atomic E-state index is -3.89. The fraction of sp³-hybridized carbons (Fsp3) is 0.259. The van der Waals surface area contributed by atoms with E-state index in [1.165, 1.54) is 18.0 Å². The Morgan fingerprint density at radius 1 is 1.00 bits per heavy atom. The number of ether oxygens (including phenoxy) is 2. The van der Waals surface area contributed by atoms with Crippen LogP contribution in [0.1, 0.15) is 11.1 Å². The van der Waals surface area contributed by atoms with Gasteiger partial charge in [-0.15, -0.1) is 0 Å². The molecule has 1 heterocycles. The minimum Gasteiger partial charge on any atom is -0.454 e. The second-order valence-electron chi connectivity index (χ2n) is 8.74. The summed E-state index contributed by atoms with van der Waals surface area (Å²) < 4.78 is 37.4. The maximum Gasteiger partial charge on any atom is 0.244 e. The molecule has 0 saturated heterocycles. The van der Waals surface area contributed by atoms with E-state index in [4.69, 9.17) is 21.1 Å². The van der Waals surface area contributed by atoms with Gasteiger partial charge in [0.05, 0.1) is 11.9 Å². The number of nitrogens with zero attached hydrogens (tertiary/aromatic N) is 2. The Hall–Kier alpha value is -3.76. The Balaban J connectivity index is 1.71. The van der Waals surface area contributed by atoms with Gasteiger partial charge in [-0.3, -0.25) is 13.9 Å². The number of rotatable bonds is 10. The van der Waals surface area contributed by atoms with Gasteiger partial charge in [-0.05, 0) is 29.3 Å². The lowest BCUT2D eigenvalue weighted by atomic mass is 10.0. The lowest BCUT2D eigenvalue weighted by Crippen LogP contribution is -2.52. The summed E-state index contributed by atoms with van der Waals surface area (Å²) in [5, 5.41) is 3.06. The van der Waals surface area contributed by atoms with Crippen LogP contribution in [0, 0.1) is 0 Å². The number of likely N-dealkylation sites (N-methyl/N-ethyl adjacent to an activating group) is 1. The average molecular weight is 558 g/mol. The molecule has 0 fully saturated rings. The van der Waals surface area contributed by atoms with E-state index in [2.05, 4.69) is 5.32 Å². The molecule has 2 amide bonds. The van der Waals surface area contributed by atoms with Crippen molar-refractivity contribution in [2.75, 3.05) is 30.9 Å². The zero-order valence-electron chi connectivity index (χ0n) is 21.0. The average Bonchev–Trinajstić information content (AvgIpc) is 3.37. The molecule has 0 unspecified atom stereocenters. The number of fused-ring (bicyclic) bond motifs is 1. The van der Waals surface area contributed by atoms with Crippen molar-refractivity contribution in [3.8, 4) is 11.5 Å². The maximum atomic E-state index is 13.9. The largest absolute Gasteiger partial charge is 0.454 e. The van der Waals surface area contributed by atoms with Gasteiger partial charge in [-0.25, -0.2) is 8.42 Å². The van der Waals surface area contributed by atoms with E-state index in [1.54, 1.807) is 36.4 Å². The zero-order valence-corrected chi connectivity index (χ0v) is 22.5. The summed E-state index contributed by atoms with van der Waals surface area (Å²) >= 11 is 6.41. The number of sulfonamides is 1. The molecule has 1 aliphatic heterocycles. The molecule has 4 rings (SSSR count). The van der Waals surface area contributed by atoms with Crippen molar-refractivity contribution in [1.82, 2.24) is 10.2 Å². The van der Waals surface area contributed by atoms with Crippen molar-refractivity contribution in [3.05, 3.63) is 88.9 Å². The highest BCUT2D eigenvalue weighted by Crippen LogP contribution is 2.36. The smallest absolute Gasteiger partial charge is 0.244 e. The minimum absolute atomic E-state index is 0.00215. The standard InChI is InChI=1S/C27H28ClN3O6S/c1-29-27(33)23(14-19-8-4-3-5-9-19)30(16-20-10-6-7-11-22(20)28)26(32)17-31(38(2,34)35)21-12-13-24-25(15-21)37-18-36-24/h3-13,15,23H,14,16-18H2,1-2H3,(H,29,33)/t23-/m1/s1. The van der Waals surface area contributed by atoms with Crippen molar-refractivity contribution < 1.29 is 27.5 Å². The van der Waals surface area contributed by atoms with Gasteiger partial charge in [0.1, 0.15) is 12.6 Å². The lowest BCUT2D eigenvalue weighted by Gasteiger charge is -2.33. The molecule has 0 aromatic heterocycles. The van der Waals surface area contributed by atoms with Crippen LogP contribution in [-0.2, 0) is 32.6 Å². The van der Waals surface area contributed by atoms with E-state index >= 15 is 0 Å². The van der Waals surface area contributed by atoms with Gasteiger partial charge < -0.3 is 19.7 Å². The molecule has 1 atom stereocenters.